The molecule has 68 valence electrons. The van der Waals surface area contributed by atoms with Crippen molar-refractivity contribution in [1.29, 1.82) is 0 Å². The molecule has 1 atom stereocenters. The second-order valence-corrected chi connectivity index (χ2v) is 5.13. The molecule has 0 saturated heterocycles. The average molecular weight is 233 g/mol. The van der Waals surface area contributed by atoms with Crippen molar-refractivity contribution in [2.24, 2.45) is 0 Å². The van der Waals surface area contributed by atoms with Crippen molar-refractivity contribution in [2.75, 3.05) is 0 Å². The van der Waals surface area contributed by atoms with Crippen molar-refractivity contribution in [3.63, 3.8) is 0 Å². The van der Waals surface area contributed by atoms with Crippen LogP contribution in [0, 0.1) is 0 Å². The maximum Gasteiger partial charge on any atom is 0.242 e. The maximum absolute atomic E-state index is 11.7. The van der Waals surface area contributed by atoms with E-state index in [2.05, 4.69) is 10.3 Å². The maximum atomic E-state index is 11.7. The largest absolute Gasteiger partial charge is 0.357 e. The van der Waals surface area contributed by atoms with E-state index < -0.39 is 4.33 Å². The summed E-state index contributed by atoms with van der Waals surface area (Å²) in [6, 6.07) is 0. The Kier molecular flexibility index (Phi) is 2.31. The Labute approximate surface area is 88.2 Å². The number of Topliss-reactive ketones (excluding diaryl/α,β-unsaturated/α-hetero) is 1. The fourth-order valence-corrected chi connectivity index (χ4v) is 2.62. The quantitative estimate of drug-likeness (QED) is 0.481. The second-order valence-electron chi connectivity index (χ2n) is 2.33. The van der Waals surface area contributed by atoms with Crippen molar-refractivity contribution >= 4 is 40.5 Å². The smallest absolute Gasteiger partial charge is 0.242 e. The van der Waals surface area contributed by atoms with Crippen LogP contribution in [-0.2, 0) is 0 Å². The summed E-state index contributed by atoms with van der Waals surface area (Å²) in [7, 11) is 0. The van der Waals surface area contributed by atoms with Crippen LogP contribution < -0.4 is 5.32 Å². The monoisotopic (exact) mass is 232 g/mol. The van der Waals surface area contributed by atoms with Crippen molar-refractivity contribution in [3.05, 3.63) is 28.2 Å². The summed E-state index contributed by atoms with van der Waals surface area (Å²) in [6.45, 7) is 0. The standard InChI is InChI=1S/C7H5ClN2OS2/c8-7(10-2-4-13-7)5(11)6-9-1-3-12-6/h1-4,10H. The van der Waals surface area contributed by atoms with E-state index in [1.807, 2.05) is 0 Å². The number of alkyl halides is 1. The SMILES string of the molecule is O=C(c1nccs1)C1(Cl)NC=CS1. The molecule has 3 nitrogen and oxygen atoms in total. The molecule has 1 aliphatic heterocycles. The summed E-state index contributed by atoms with van der Waals surface area (Å²) in [4.78, 5) is 15.6. The van der Waals surface area contributed by atoms with Gasteiger partial charge in [0, 0.05) is 17.8 Å². The number of carbonyl (C=O) groups is 1. The molecule has 2 heterocycles. The van der Waals surface area contributed by atoms with Crippen LogP contribution in [0.1, 0.15) is 9.80 Å². The van der Waals surface area contributed by atoms with Crippen molar-refractivity contribution in [3.8, 4) is 0 Å². The minimum absolute atomic E-state index is 0.195. The molecule has 2 rings (SSSR count). The molecule has 1 N–H and O–H groups in total. The lowest BCUT2D eigenvalue weighted by Crippen LogP contribution is -2.38. The normalized spacial score (nSPS) is 25.9. The van der Waals surface area contributed by atoms with Crippen LogP contribution in [0.4, 0.5) is 0 Å². The summed E-state index contributed by atoms with van der Waals surface area (Å²) in [5.74, 6) is -0.195. The molecule has 0 aromatic carbocycles. The third-order valence-corrected chi connectivity index (χ3v) is 3.71. The van der Waals surface area contributed by atoms with Crippen LogP contribution >= 0.6 is 34.7 Å². The zero-order chi connectivity index (χ0) is 9.31. The number of thiazole rings is 1. The molecule has 0 radical (unpaired) electrons. The number of carbonyl (C=O) groups excluding carboxylic acids is 1. The van der Waals surface area contributed by atoms with Gasteiger partial charge in [0.25, 0.3) is 0 Å². The van der Waals surface area contributed by atoms with E-state index in [1.54, 1.807) is 23.2 Å². The Morgan fingerprint density at radius 1 is 1.69 bits per heavy atom. The summed E-state index contributed by atoms with van der Waals surface area (Å²) in [6.07, 6.45) is 3.24. The van der Waals surface area contributed by atoms with Gasteiger partial charge in [-0.15, -0.1) is 11.3 Å². The van der Waals surface area contributed by atoms with Gasteiger partial charge in [-0.05, 0) is 5.41 Å². The number of ketones is 1. The third kappa shape index (κ3) is 1.59. The first-order valence-electron chi connectivity index (χ1n) is 3.46. The Morgan fingerprint density at radius 2 is 2.54 bits per heavy atom. The number of halogens is 1. The molecular weight excluding hydrogens is 228 g/mol. The third-order valence-electron chi connectivity index (χ3n) is 1.49. The van der Waals surface area contributed by atoms with Gasteiger partial charge < -0.3 is 5.32 Å². The molecule has 13 heavy (non-hydrogen) atoms. The Hall–Kier alpha value is -0.520. The molecule has 0 amide bonds. The lowest BCUT2D eigenvalue weighted by molar-refractivity contribution is 0.0969. The van der Waals surface area contributed by atoms with Gasteiger partial charge in [-0.25, -0.2) is 4.98 Å². The molecule has 0 spiro atoms. The van der Waals surface area contributed by atoms with Crippen LogP contribution in [0.25, 0.3) is 0 Å². The highest BCUT2D eigenvalue weighted by Crippen LogP contribution is 2.35. The Balaban J connectivity index is 2.23. The van der Waals surface area contributed by atoms with E-state index in [9.17, 15) is 4.79 Å². The van der Waals surface area contributed by atoms with Gasteiger partial charge in [0.2, 0.25) is 10.1 Å². The molecule has 1 aromatic heterocycles. The van der Waals surface area contributed by atoms with Gasteiger partial charge >= 0.3 is 0 Å². The molecule has 0 saturated carbocycles. The first-order valence-corrected chi connectivity index (χ1v) is 5.60. The van der Waals surface area contributed by atoms with Gasteiger partial charge in [0.15, 0.2) is 5.01 Å². The van der Waals surface area contributed by atoms with Gasteiger partial charge in [-0.3, -0.25) is 4.79 Å². The highest BCUT2D eigenvalue weighted by atomic mass is 35.5. The summed E-state index contributed by atoms with van der Waals surface area (Å²) >= 11 is 8.55. The molecule has 1 aromatic rings. The first kappa shape index (κ1) is 9.05. The zero-order valence-electron chi connectivity index (χ0n) is 6.36. The van der Waals surface area contributed by atoms with Crippen molar-refractivity contribution < 1.29 is 4.79 Å². The molecule has 0 bridgehead atoms. The predicted octanol–water partition coefficient (Wildman–Crippen LogP) is 2.03. The lowest BCUT2D eigenvalue weighted by atomic mass is 10.4. The number of nitrogens with one attached hydrogen (secondary N) is 1. The van der Waals surface area contributed by atoms with Crippen molar-refractivity contribution in [2.45, 2.75) is 4.33 Å². The fourth-order valence-electron chi connectivity index (χ4n) is 0.895. The number of aromatic nitrogens is 1. The molecular formula is C7H5ClN2OS2. The van der Waals surface area contributed by atoms with Gasteiger partial charge in [0.1, 0.15) is 0 Å². The van der Waals surface area contributed by atoms with E-state index in [4.69, 9.17) is 11.6 Å². The molecule has 0 fully saturated rings. The predicted molar refractivity (Wildman–Crippen MR) is 54.9 cm³/mol. The number of hydrogen-bond acceptors (Lipinski definition) is 5. The van der Waals surface area contributed by atoms with E-state index >= 15 is 0 Å². The van der Waals surface area contributed by atoms with E-state index in [0.29, 0.717) is 5.01 Å². The van der Waals surface area contributed by atoms with E-state index in [0.717, 1.165) is 0 Å². The van der Waals surface area contributed by atoms with Crippen molar-refractivity contribution in [1.82, 2.24) is 10.3 Å². The minimum Gasteiger partial charge on any atom is -0.357 e. The van der Waals surface area contributed by atoms with Crippen LogP contribution in [0.3, 0.4) is 0 Å². The number of hydrogen-bond donors (Lipinski definition) is 1. The van der Waals surface area contributed by atoms with Crippen LogP contribution in [0.15, 0.2) is 23.2 Å². The number of nitrogens with zero attached hydrogens (tertiary/aromatic N) is 1. The van der Waals surface area contributed by atoms with E-state index in [-0.39, 0.29) is 5.78 Å². The molecule has 0 aliphatic carbocycles. The van der Waals surface area contributed by atoms with E-state index in [1.165, 1.54) is 23.1 Å². The Bertz CT molecular complexity index is 341. The number of thioether (sulfide) groups is 1. The Morgan fingerprint density at radius 3 is 3.08 bits per heavy atom. The topological polar surface area (TPSA) is 42.0 Å². The fraction of sp³-hybridized carbons (Fsp3) is 0.143. The zero-order valence-corrected chi connectivity index (χ0v) is 8.75. The molecule has 1 unspecified atom stereocenters. The first-order chi connectivity index (χ1) is 6.22. The van der Waals surface area contributed by atoms with Crippen LogP contribution in [-0.4, -0.2) is 15.1 Å². The molecule has 6 heteroatoms. The van der Waals surface area contributed by atoms with Gasteiger partial charge in [-0.2, -0.15) is 0 Å². The van der Waals surface area contributed by atoms with Crippen LogP contribution in [0.2, 0.25) is 0 Å². The van der Waals surface area contributed by atoms with Gasteiger partial charge in [-0.1, -0.05) is 23.4 Å². The molecule has 1 aliphatic rings. The minimum atomic E-state index is -1.09. The highest BCUT2D eigenvalue weighted by Gasteiger charge is 2.39. The number of rotatable bonds is 2. The average Bonchev–Trinajstić information content (AvgIpc) is 2.73. The summed E-state index contributed by atoms with van der Waals surface area (Å²) < 4.78 is -1.09. The van der Waals surface area contributed by atoms with Crippen LogP contribution in [0.5, 0.6) is 0 Å². The second kappa shape index (κ2) is 3.32. The highest BCUT2D eigenvalue weighted by molar-refractivity contribution is 8.05. The van der Waals surface area contributed by atoms with Gasteiger partial charge in [0.05, 0.1) is 0 Å². The lowest BCUT2D eigenvalue weighted by Gasteiger charge is -2.17. The summed E-state index contributed by atoms with van der Waals surface area (Å²) in [5, 5.41) is 6.71. The summed E-state index contributed by atoms with van der Waals surface area (Å²) in [5.41, 5.74) is 0.